The number of pyridine rings is 1. The second-order valence-corrected chi connectivity index (χ2v) is 3.51. The number of aromatic nitrogens is 3. The number of amides is 1. The lowest BCUT2D eigenvalue weighted by Crippen LogP contribution is -2.27. The van der Waals surface area contributed by atoms with Crippen LogP contribution < -0.4 is 16.2 Å². The minimum absolute atomic E-state index is 0.236. The van der Waals surface area contributed by atoms with E-state index in [4.69, 9.17) is 5.84 Å². The molecule has 0 atom stereocenters. The normalized spacial score (nSPS) is 9.89. The third-order valence-corrected chi connectivity index (χ3v) is 2.36. The highest BCUT2D eigenvalue weighted by molar-refractivity contribution is 6.04. The smallest absolute Gasteiger partial charge is 0.278 e. The summed E-state index contributed by atoms with van der Waals surface area (Å²) < 4.78 is 0. The van der Waals surface area contributed by atoms with Gasteiger partial charge in [0.05, 0.1) is 24.3 Å². The quantitative estimate of drug-likeness (QED) is 0.600. The number of hydrazine groups is 1. The van der Waals surface area contributed by atoms with Crippen molar-refractivity contribution in [3.63, 3.8) is 0 Å². The highest BCUT2D eigenvalue weighted by Gasteiger charge is 2.15. The van der Waals surface area contributed by atoms with E-state index in [1.54, 1.807) is 31.6 Å². The molecule has 0 aliphatic heterocycles. The molecule has 2 heterocycles. The summed E-state index contributed by atoms with van der Waals surface area (Å²) in [7, 11) is 1.65. The molecule has 0 radical (unpaired) electrons. The van der Waals surface area contributed by atoms with E-state index in [-0.39, 0.29) is 11.6 Å². The summed E-state index contributed by atoms with van der Waals surface area (Å²) in [5.74, 6) is 5.30. The second kappa shape index (κ2) is 5.19. The molecule has 0 aliphatic rings. The van der Waals surface area contributed by atoms with Crippen molar-refractivity contribution < 1.29 is 4.79 Å². The number of carbonyl (C=O) groups excluding carboxylic acids is 1. The van der Waals surface area contributed by atoms with Gasteiger partial charge in [0, 0.05) is 13.2 Å². The Morgan fingerprint density at radius 3 is 2.72 bits per heavy atom. The van der Waals surface area contributed by atoms with Crippen LogP contribution in [0.25, 0.3) is 0 Å². The Labute approximate surface area is 104 Å². The maximum atomic E-state index is 12.1. The van der Waals surface area contributed by atoms with Gasteiger partial charge in [-0.05, 0) is 12.1 Å². The molecule has 0 saturated carbocycles. The van der Waals surface area contributed by atoms with Gasteiger partial charge in [0.25, 0.3) is 5.91 Å². The van der Waals surface area contributed by atoms with Crippen molar-refractivity contribution in [3.8, 4) is 0 Å². The zero-order valence-corrected chi connectivity index (χ0v) is 9.74. The fourth-order valence-corrected chi connectivity index (χ4v) is 1.35. The molecule has 7 heteroatoms. The first-order valence-corrected chi connectivity index (χ1v) is 5.19. The van der Waals surface area contributed by atoms with Crippen molar-refractivity contribution in [2.24, 2.45) is 5.84 Å². The van der Waals surface area contributed by atoms with Gasteiger partial charge in [-0.25, -0.2) is 15.8 Å². The summed E-state index contributed by atoms with van der Waals surface area (Å²) in [6.45, 7) is 0. The molecule has 1 amide bonds. The van der Waals surface area contributed by atoms with Crippen LogP contribution in [-0.4, -0.2) is 27.9 Å². The van der Waals surface area contributed by atoms with Crippen LogP contribution in [0, 0.1) is 0 Å². The van der Waals surface area contributed by atoms with Crippen LogP contribution >= 0.6 is 0 Å². The van der Waals surface area contributed by atoms with E-state index in [0.29, 0.717) is 11.5 Å². The van der Waals surface area contributed by atoms with Crippen LogP contribution in [-0.2, 0) is 0 Å². The summed E-state index contributed by atoms with van der Waals surface area (Å²) >= 11 is 0. The number of nitrogens with one attached hydrogen (secondary N) is 1. The van der Waals surface area contributed by atoms with E-state index in [1.807, 2.05) is 0 Å². The molecule has 0 saturated heterocycles. The Bertz CT molecular complexity index is 527. The summed E-state index contributed by atoms with van der Waals surface area (Å²) in [6, 6.07) is 3.54. The minimum atomic E-state index is -0.265. The van der Waals surface area contributed by atoms with Crippen LogP contribution in [0.4, 0.5) is 11.5 Å². The fourth-order valence-electron chi connectivity index (χ4n) is 1.35. The van der Waals surface area contributed by atoms with Crippen molar-refractivity contribution in [1.29, 1.82) is 0 Å². The van der Waals surface area contributed by atoms with Crippen molar-refractivity contribution >= 4 is 17.4 Å². The van der Waals surface area contributed by atoms with Gasteiger partial charge in [-0.3, -0.25) is 9.78 Å². The number of hydrogen-bond donors (Lipinski definition) is 2. The highest BCUT2D eigenvalue weighted by atomic mass is 16.2. The van der Waals surface area contributed by atoms with Gasteiger partial charge in [0.15, 0.2) is 5.82 Å². The number of nitrogens with two attached hydrogens (primary N) is 1. The Morgan fingerprint density at radius 1 is 1.33 bits per heavy atom. The van der Waals surface area contributed by atoms with E-state index >= 15 is 0 Å². The molecular formula is C11H12N6O. The molecule has 0 bridgehead atoms. The standard InChI is InChI=1S/C11H12N6O/c1-17(8-3-2-4-13-5-8)11(18)9-6-15-10(16-12)7-14-9/h2-7H,12H2,1H3,(H,15,16). The zero-order chi connectivity index (χ0) is 13.0. The summed E-state index contributed by atoms with van der Waals surface area (Å²) in [5.41, 5.74) is 3.27. The van der Waals surface area contributed by atoms with Gasteiger partial charge in [0.1, 0.15) is 5.69 Å². The molecule has 0 aliphatic carbocycles. The maximum absolute atomic E-state index is 12.1. The molecule has 2 rings (SSSR count). The Kier molecular flexibility index (Phi) is 3.44. The monoisotopic (exact) mass is 244 g/mol. The number of hydrogen-bond acceptors (Lipinski definition) is 6. The lowest BCUT2D eigenvalue weighted by molar-refractivity contribution is 0.0988. The lowest BCUT2D eigenvalue weighted by Gasteiger charge is -2.15. The van der Waals surface area contributed by atoms with Crippen LogP contribution in [0.15, 0.2) is 36.9 Å². The lowest BCUT2D eigenvalue weighted by atomic mass is 10.3. The van der Waals surface area contributed by atoms with Crippen molar-refractivity contribution in [3.05, 3.63) is 42.6 Å². The molecule has 2 aromatic rings. The number of nitrogen functional groups attached to an aromatic ring is 1. The first kappa shape index (κ1) is 11.9. The molecule has 2 aromatic heterocycles. The predicted molar refractivity (Wildman–Crippen MR) is 66.8 cm³/mol. The van der Waals surface area contributed by atoms with E-state index in [0.717, 1.165) is 0 Å². The SMILES string of the molecule is CN(C(=O)c1cnc(NN)cn1)c1cccnc1. The van der Waals surface area contributed by atoms with Crippen LogP contribution in [0.3, 0.4) is 0 Å². The van der Waals surface area contributed by atoms with Gasteiger partial charge >= 0.3 is 0 Å². The Balaban J connectivity index is 2.20. The summed E-state index contributed by atoms with van der Waals surface area (Å²) in [4.78, 5) is 25.4. The van der Waals surface area contributed by atoms with Crippen LogP contribution in [0.2, 0.25) is 0 Å². The Morgan fingerprint density at radius 2 is 2.17 bits per heavy atom. The molecule has 18 heavy (non-hydrogen) atoms. The molecule has 92 valence electrons. The Hall–Kier alpha value is -2.54. The van der Waals surface area contributed by atoms with Crippen molar-refractivity contribution in [2.75, 3.05) is 17.4 Å². The summed E-state index contributed by atoms with van der Waals surface area (Å²) in [6.07, 6.45) is 6.00. The second-order valence-electron chi connectivity index (χ2n) is 3.51. The number of rotatable bonds is 3. The third kappa shape index (κ3) is 2.41. The minimum Gasteiger partial charge on any atom is -0.309 e. The largest absolute Gasteiger partial charge is 0.309 e. The molecule has 7 nitrogen and oxygen atoms in total. The van der Waals surface area contributed by atoms with Crippen molar-refractivity contribution in [2.45, 2.75) is 0 Å². The molecule has 0 unspecified atom stereocenters. The van der Waals surface area contributed by atoms with Crippen LogP contribution in [0.1, 0.15) is 10.5 Å². The fraction of sp³-hybridized carbons (Fsp3) is 0.0909. The van der Waals surface area contributed by atoms with E-state index in [1.165, 1.54) is 17.3 Å². The molecule has 3 N–H and O–H groups in total. The van der Waals surface area contributed by atoms with E-state index in [2.05, 4.69) is 20.4 Å². The predicted octanol–water partition coefficient (Wildman–Crippen LogP) is 0.434. The van der Waals surface area contributed by atoms with E-state index < -0.39 is 0 Å². The van der Waals surface area contributed by atoms with Gasteiger partial charge in [-0.15, -0.1) is 0 Å². The number of carbonyl (C=O) groups is 1. The van der Waals surface area contributed by atoms with Crippen molar-refractivity contribution in [1.82, 2.24) is 15.0 Å². The third-order valence-electron chi connectivity index (χ3n) is 2.36. The van der Waals surface area contributed by atoms with Crippen LogP contribution in [0.5, 0.6) is 0 Å². The molecule has 0 fully saturated rings. The zero-order valence-electron chi connectivity index (χ0n) is 9.74. The highest BCUT2D eigenvalue weighted by Crippen LogP contribution is 2.12. The van der Waals surface area contributed by atoms with Gasteiger partial charge < -0.3 is 10.3 Å². The summed E-state index contributed by atoms with van der Waals surface area (Å²) in [5, 5.41) is 0. The van der Waals surface area contributed by atoms with E-state index in [9.17, 15) is 4.79 Å². The molecule has 0 spiro atoms. The average molecular weight is 244 g/mol. The molecule has 0 aromatic carbocycles. The van der Waals surface area contributed by atoms with Gasteiger partial charge in [-0.1, -0.05) is 0 Å². The topological polar surface area (TPSA) is 97.0 Å². The van der Waals surface area contributed by atoms with Gasteiger partial charge in [-0.2, -0.15) is 0 Å². The average Bonchev–Trinajstić information content (AvgIpc) is 2.47. The maximum Gasteiger partial charge on any atom is 0.278 e. The first-order chi connectivity index (χ1) is 8.72. The molecular weight excluding hydrogens is 232 g/mol. The number of anilines is 2. The first-order valence-electron chi connectivity index (χ1n) is 5.19. The number of nitrogens with zero attached hydrogens (tertiary/aromatic N) is 4. The van der Waals surface area contributed by atoms with Gasteiger partial charge in [0.2, 0.25) is 0 Å².